The maximum Gasteiger partial charge on any atom is 0.0621 e. The van der Waals surface area contributed by atoms with Gasteiger partial charge in [-0.25, -0.2) is 0 Å². The van der Waals surface area contributed by atoms with Crippen molar-refractivity contribution in [2.75, 3.05) is 19.8 Å². The van der Waals surface area contributed by atoms with Crippen LogP contribution in [0, 0.1) is 11.3 Å². The van der Waals surface area contributed by atoms with Crippen LogP contribution in [-0.4, -0.2) is 25.9 Å². The Morgan fingerprint density at radius 2 is 1.57 bits per heavy atom. The molecule has 0 radical (unpaired) electrons. The molecule has 3 heteroatoms. The van der Waals surface area contributed by atoms with Crippen molar-refractivity contribution in [1.29, 1.82) is 5.26 Å². The Labute approximate surface area is 131 Å². The average Bonchev–Trinajstić information content (AvgIpc) is 3.01. The number of rotatable bonds is 14. The minimum atomic E-state index is 0.564. The van der Waals surface area contributed by atoms with Gasteiger partial charge < -0.3 is 9.47 Å². The van der Waals surface area contributed by atoms with Gasteiger partial charge in [-0.05, 0) is 38.5 Å². The highest BCUT2D eigenvalue weighted by Crippen LogP contribution is 2.18. The molecule has 1 aliphatic heterocycles. The molecule has 1 unspecified atom stereocenters. The summed E-state index contributed by atoms with van der Waals surface area (Å²) < 4.78 is 11.3. The van der Waals surface area contributed by atoms with E-state index in [9.17, 15) is 0 Å². The van der Waals surface area contributed by atoms with Gasteiger partial charge in [0.1, 0.15) is 0 Å². The van der Waals surface area contributed by atoms with Gasteiger partial charge in [0.2, 0.25) is 0 Å². The third-order valence-corrected chi connectivity index (χ3v) is 4.17. The molecule has 1 aliphatic rings. The van der Waals surface area contributed by atoms with Crippen LogP contribution in [0.15, 0.2) is 0 Å². The summed E-state index contributed by atoms with van der Waals surface area (Å²) in [6.07, 6.45) is 16.1. The SMILES string of the molecule is N#CCCCCCCCOCCCCCCC1CCCO1. The smallest absolute Gasteiger partial charge is 0.0621 e. The topological polar surface area (TPSA) is 42.2 Å². The van der Waals surface area contributed by atoms with E-state index in [4.69, 9.17) is 14.7 Å². The van der Waals surface area contributed by atoms with E-state index in [0.717, 1.165) is 26.2 Å². The molecule has 0 bridgehead atoms. The summed E-state index contributed by atoms with van der Waals surface area (Å²) in [4.78, 5) is 0. The summed E-state index contributed by atoms with van der Waals surface area (Å²) in [7, 11) is 0. The predicted molar refractivity (Wildman–Crippen MR) is 86.2 cm³/mol. The number of nitriles is 1. The van der Waals surface area contributed by atoms with Crippen molar-refractivity contribution in [2.45, 2.75) is 89.6 Å². The van der Waals surface area contributed by atoms with Crippen LogP contribution in [0.3, 0.4) is 0 Å². The van der Waals surface area contributed by atoms with Crippen molar-refractivity contribution in [2.24, 2.45) is 0 Å². The van der Waals surface area contributed by atoms with Gasteiger partial charge in [0.25, 0.3) is 0 Å². The Bertz CT molecular complexity index is 256. The third-order valence-electron chi connectivity index (χ3n) is 4.17. The van der Waals surface area contributed by atoms with Crippen LogP contribution in [-0.2, 0) is 9.47 Å². The van der Waals surface area contributed by atoms with Gasteiger partial charge in [-0.3, -0.25) is 0 Å². The Morgan fingerprint density at radius 1 is 0.905 bits per heavy atom. The molecule has 0 saturated carbocycles. The minimum Gasteiger partial charge on any atom is -0.381 e. The first-order chi connectivity index (χ1) is 10.4. The van der Waals surface area contributed by atoms with Crippen LogP contribution >= 0.6 is 0 Å². The quantitative estimate of drug-likeness (QED) is 0.424. The molecular formula is C18H33NO2. The van der Waals surface area contributed by atoms with E-state index in [1.165, 1.54) is 70.6 Å². The van der Waals surface area contributed by atoms with Crippen molar-refractivity contribution in [3.05, 3.63) is 0 Å². The normalized spacial score (nSPS) is 18.0. The van der Waals surface area contributed by atoms with E-state index < -0.39 is 0 Å². The number of hydrogen-bond acceptors (Lipinski definition) is 3. The lowest BCUT2D eigenvalue weighted by Gasteiger charge is -2.08. The van der Waals surface area contributed by atoms with E-state index in [1.54, 1.807) is 0 Å². The Kier molecular flexibility index (Phi) is 12.6. The second-order valence-corrected chi connectivity index (χ2v) is 6.13. The molecule has 0 aliphatic carbocycles. The molecule has 1 atom stereocenters. The van der Waals surface area contributed by atoms with Crippen LogP contribution in [0.1, 0.15) is 83.5 Å². The van der Waals surface area contributed by atoms with E-state index in [-0.39, 0.29) is 0 Å². The highest BCUT2D eigenvalue weighted by Gasteiger charge is 2.14. The van der Waals surface area contributed by atoms with Gasteiger partial charge in [-0.15, -0.1) is 0 Å². The minimum absolute atomic E-state index is 0.564. The molecule has 1 saturated heterocycles. The highest BCUT2D eigenvalue weighted by atomic mass is 16.5. The molecule has 0 aromatic carbocycles. The zero-order chi connectivity index (χ0) is 15.0. The molecule has 1 heterocycles. The van der Waals surface area contributed by atoms with Crippen molar-refractivity contribution < 1.29 is 9.47 Å². The molecular weight excluding hydrogens is 262 g/mol. The Hall–Kier alpha value is -0.590. The van der Waals surface area contributed by atoms with Crippen LogP contribution in [0.4, 0.5) is 0 Å². The molecule has 21 heavy (non-hydrogen) atoms. The molecule has 1 fully saturated rings. The van der Waals surface area contributed by atoms with E-state index in [1.807, 2.05) is 0 Å². The standard InChI is InChI=1S/C18H33NO2/c19-14-8-4-1-2-5-9-15-20-16-10-6-3-7-12-18-13-11-17-21-18/h18H,1-13,15-17H2. The number of nitrogens with zero attached hydrogens (tertiary/aromatic N) is 1. The molecule has 1 rings (SSSR count). The zero-order valence-electron chi connectivity index (χ0n) is 13.7. The molecule has 0 N–H and O–H groups in total. The fourth-order valence-electron chi connectivity index (χ4n) is 2.84. The molecule has 0 spiro atoms. The highest BCUT2D eigenvalue weighted by molar-refractivity contribution is 4.67. The van der Waals surface area contributed by atoms with Crippen LogP contribution in [0.2, 0.25) is 0 Å². The molecule has 122 valence electrons. The summed E-state index contributed by atoms with van der Waals surface area (Å²) in [5.74, 6) is 0. The summed E-state index contributed by atoms with van der Waals surface area (Å²) in [6, 6.07) is 2.19. The average molecular weight is 295 g/mol. The fourth-order valence-corrected chi connectivity index (χ4v) is 2.84. The Morgan fingerprint density at radius 3 is 2.24 bits per heavy atom. The first-order valence-corrected chi connectivity index (χ1v) is 9.00. The molecule has 0 aromatic heterocycles. The lowest BCUT2D eigenvalue weighted by Crippen LogP contribution is -2.04. The Balaban J connectivity index is 1.66. The lowest BCUT2D eigenvalue weighted by atomic mass is 10.1. The van der Waals surface area contributed by atoms with Gasteiger partial charge in [0.05, 0.1) is 12.2 Å². The fraction of sp³-hybridized carbons (Fsp3) is 0.944. The van der Waals surface area contributed by atoms with Crippen LogP contribution in [0.5, 0.6) is 0 Å². The first kappa shape index (κ1) is 18.5. The maximum absolute atomic E-state index is 8.42. The number of ether oxygens (including phenoxy) is 2. The molecule has 3 nitrogen and oxygen atoms in total. The van der Waals surface area contributed by atoms with E-state index in [0.29, 0.717) is 12.5 Å². The molecule has 0 aromatic rings. The lowest BCUT2D eigenvalue weighted by molar-refractivity contribution is 0.101. The van der Waals surface area contributed by atoms with Gasteiger partial charge >= 0.3 is 0 Å². The molecule has 0 amide bonds. The summed E-state index contributed by atoms with van der Waals surface area (Å²) in [5, 5.41) is 8.42. The van der Waals surface area contributed by atoms with Crippen molar-refractivity contribution >= 4 is 0 Å². The van der Waals surface area contributed by atoms with E-state index in [2.05, 4.69) is 6.07 Å². The van der Waals surface area contributed by atoms with E-state index >= 15 is 0 Å². The summed E-state index contributed by atoms with van der Waals surface area (Å²) >= 11 is 0. The van der Waals surface area contributed by atoms with Crippen molar-refractivity contribution in [3.8, 4) is 6.07 Å². The van der Waals surface area contributed by atoms with Gasteiger partial charge in [-0.1, -0.05) is 38.5 Å². The number of unbranched alkanes of at least 4 members (excludes halogenated alkanes) is 8. The predicted octanol–water partition coefficient (Wildman–Crippen LogP) is 5.00. The summed E-state index contributed by atoms with van der Waals surface area (Å²) in [6.45, 7) is 2.82. The van der Waals surface area contributed by atoms with Crippen molar-refractivity contribution in [1.82, 2.24) is 0 Å². The second-order valence-electron chi connectivity index (χ2n) is 6.13. The third kappa shape index (κ3) is 11.7. The monoisotopic (exact) mass is 295 g/mol. The van der Waals surface area contributed by atoms with Crippen LogP contribution < -0.4 is 0 Å². The van der Waals surface area contributed by atoms with Crippen LogP contribution in [0.25, 0.3) is 0 Å². The van der Waals surface area contributed by atoms with Crippen molar-refractivity contribution in [3.63, 3.8) is 0 Å². The first-order valence-electron chi connectivity index (χ1n) is 9.00. The van der Waals surface area contributed by atoms with Gasteiger partial charge in [-0.2, -0.15) is 5.26 Å². The largest absolute Gasteiger partial charge is 0.381 e. The van der Waals surface area contributed by atoms with Gasteiger partial charge in [0.15, 0.2) is 0 Å². The van der Waals surface area contributed by atoms with Gasteiger partial charge in [0, 0.05) is 26.2 Å². The zero-order valence-corrected chi connectivity index (χ0v) is 13.7. The second kappa shape index (κ2) is 14.4. The maximum atomic E-state index is 8.42. The summed E-state index contributed by atoms with van der Waals surface area (Å²) in [5.41, 5.74) is 0. The number of hydrogen-bond donors (Lipinski definition) is 0.